The highest BCUT2D eigenvalue weighted by Gasteiger charge is 2.42. The molecule has 2 N–H and O–H groups in total. The van der Waals surface area contributed by atoms with Gasteiger partial charge in [0.15, 0.2) is 0 Å². The Balaban J connectivity index is 1.81. The number of hydrogen-bond acceptors (Lipinski definition) is 3. The molecule has 0 amide bonds. The molecular weight excluding hydrogens is 283 g/mol. The van der Waals surface area contributed by atoms with E-state index in [1.165, 1.54) is 6.26 Å². The maximum absolute atomic E-state index is 12.8. The van der Waals surface area contributed by atoms with Crippen molar-refractivity contribution in [1.82, 2.24) is 5.32 Å². The summed E-state index contributed by atoms with van der Waals surface area (Å²) < 4.78 is 43.4. The first-order chi connectivity index (χ1) is 9.86. The molecule has 1 fully saturated rings. The van der Waals surface area contributed by atoms with Crippen LogP contribution in [0.4, 0.5) is 13.2 Å². The molecule has 1 aromatic rings. The van der Waals surface area contributed by atoms with Gasteiger partial charge in [-0.3, -0.25) is 0 Å². The van der Waals surface area contributed by atoms with Gasteiger partial charge in [-0.1, -0.05) is 6.42 Å². The lowest BCUT2D eigenvalue weighted by atomic mass is 9.85. The van der Waals surface area contributed by atoms with Crippen LogP contribution in [0.2, 0.25) is 0 Å². The lowest BCUT2D eigenvalue weighted by Crippen LogP contribution is -2.43. The second-order valence-electron chi connectivity index (χ2n) is 5.94. The van der Waals surface area contributed by atoms with E-state index in [4.69, 9.17) is 4.42 Å². The van der Waals surface area contributed by atoms with Gasteiger partial charge in [-0.2, -0.15) is 13.2 Å². The zero-order valence-electron chi connectivity index (χ0n) is 12.1. The maximum Gasteiger partial charge on any atom is 0.391 e. The van der Waals surface area contributed by atoms with Crippen molar-refractivity contribution in [3.05, 3.63) is 24.2 Å². The molecular formula is C15H22F3NO2. The summed E-state index contributed by atoms with van der Waals surface area (Å²) in [5.41, 5.74) is 0. The third-order valence-electron chi connectivity index (χ3n) is 4.11. The molecule has 0 aliphatic heterocycles. The van der Waals surface area contributed by atoms with E-state index < -0.39 is 18.2 Å². The summed E-state index contributed by atoms with van der Waals surface area (Å²) in [6, 6.07) is 3.19. The Morgan fingerprint density at radius 3 is 2.81 bits per heavy atom. The van der Waals surface area contributed by atoms with Crippen molar-refractivity contribution in [1.29, 1.82) is 0 Å². The van der Waals surface area contributed by atoms with Crippen LogP contribution in [-0.4, -0.2) is 23.4 Å². The van der Waals surface area contributed by atoms with E-state index in [0.717, 1.165) is 6.42 Å². The molecule has 1 saturated carbocycles. The van der Waals surface area contributed by atoms with Crippen LogP contribution in [0.15, 0.2) is 22.8 Å². The van der Waals surface area contributed by atoms with Crippen LogP contribution in [0.5, 0.6) is 0 Å². The predicted molar refractivity (Wildman–Crippen MR) is 72.7 cm³/mol. The van der Waals surface area contributed by atoms with E-state index >= 15 is 0 Å². The van der Waals surface area contributed by atoms with Crippen LogP contribution >= 0.6 is 0 Å². The summed E-state index contributed by atoms with van der Waals surface area (Å²) in [5.74, 6) is -0.716. The molecule has 0 saturated heterocycles. The molecule has 1 aliphatic carbocycles. The first-order valence-electron chi connectivity index (χ1n) is 7.40. The molecule has 3 nitrogen and oxygen atoms in total. The number of aliphatic hydroxyl groups excluding tert-OH is 1. The van der Waals surface area contributed by atoms with E-state index in [9.17, 15) is 18.3 Å². The van der Waals surface area contributed by atoms with Crippen LogP contribution in [0, 0.1) is 5.92 Å². The van der Waals surface area contributed by atoms with Gasteiger partial charge in [0, 0.05) is 12.1 Å². The van der Waals surface area contributed by atoms with E-state index in [2.05, 4.69) is 5.32 Å². The minimum atomic E-state index is -4.10. The normalized spacial score (nSPS) is 26.5. The van der Waals surface area contributed by atoms with Gasteiger partial charge in [-0.25, -0.2) is 0 Å². The van der Waals surface area contributed by atoms with Gasteiger partial charge in [-0.15, -0.1) is 0 Å². The second kappa shape index (κ2) is 6.83. The summed E-state index contributed by atoms with van der Waals surface area (Å²) in [6.07, 6.45) is -1.22. The standard InChI is InChI=1S/C15H22F3NO2/c1-10(8-13(20)14-6-3-7-21-14)19-12-5-2-4-11(9-12)15(16,17)18/h3,6-7,10-13,19-20H,2,4-5,8-9H2,1H3/t10-,11+,12-,13+/m1/s1. The Hall–Kier alpha value is -1.01. The molecule has 0 spiro atoms. The summed E-state index contributed by atoms with van der Waals surface area (Å²) in [7, 11) is 0. The highest BCUT2D eigenvalue weighted by atomic mass is 19.4. The molecule has 1 heterocycles. The zero-order valence-corrected chi connectivity index (χ0v) is 12.1. The summed E-state index contributed by atoms with van der Waals surface area (Å²) in [5, 5.41) is 13.2. The number of nitrogens with one attached hydrogen (secondary N) is 1. The first-order valence-corrected chi connectivity index (χ1v) is 7.40. The first kappa shape index (κ1) is 16.4. The number of furan rings is 1. The lowest BCUT2D eigenvalue weighted by Gasteiger charge is -2.33. The molecule has 6 heteroatoms. The average molecular weight is 305 g/mol. The number of alkyl halides is 3. The van der Waals surface area contributed by atoms with Crippen LogP contribution in [0.1, 0.15) is 50.9 Å². The average Bonchev–Trinajstić information content (AvgIpc) is 2.91. The van der Waals surface area contributed by atoms with E-state index in [-0.39, 0.29) is 24.9 Å². The van der Waals surface area contributed by atoms with Crippen LogP contribution < -0.4 is 5.32 Å². The summed E-state index contributed by atoms with van der Waals surface area (Å²) >= 11 is 0. The van der Waals surface area contributed by atoms with Gasteiger partial charge in [-0.05, 0) is 44.7 Å². The van der Waals surface area contributed by atoms with Gasteiger partial charge in [0.05, 0.1) is 12.2 Å². The predicted octanol–water partition coefficient (Wildman–Crippen LogP) is 3.80. The number of hydrogen-bond donors (Lipinski definition) is 2. The number of aliphatic hydroxyl groups is 1. The lowest BCUT2D eigenvalue weighted by molar-refractivity contribution is -0.183. The monoisotopic (exact) mass is 305 g/mol. The third kappa shape index (κ3) is 4.74. The van der Waals surface area contributed by atoms with Crippen LogP contribution in [0.3, 0.4) is 0 Å². The van der Waals surface area contributed by atoms with Crippen molar-refractivity contribution in [2.45, 2.75) is 63.4 Å². The molecule has 21 heavy (non-hydrogen) atoms. The van der Waals surface area contributed by atoms with Gasteiger partial charge in [0.25, 0.3) is 0 Å². The largest absolute Gasteiger partial charge is 0.467 e. The Morgan fingerprint density at radius 2 is 2.19 bits per heavy atom. The molecule has 120 valence electrons. The number of halogens is 3. The van der Waals surface area contributed by atoms with Crippen molar-refractivity contribution < 1.29 is 22.7 Å². The summed E-state index contributed by atoms with van der Waals surface area (Å²) in [4.78, 5) is 0. The van der Waals surface area contributed by atoms with Crippen LogP contribution in [0.25, 0.3) is 0 Å². The Morgan fingerprint density at radius 1 is 1.43 bits per heavy atom. The molecule has 1 aliphatic rings. The van der Waals surface area contributed by atoms with E-state index in [1.807, 2.05) is 6.92 Å². The highest BCUT2D eigenvalue weighted by Crippen LogP contribution is 2.37. The zero-order chi connectivity index (χ0) is 15.5. The molecule has 4 atom stereocenters. The minimum Gasteiger partial charge on any atom is -0.467 e. The quantitative estimate of drug-likeness (QED) is 0.869. The topological polar surface area (TPSA) is 45.4 Å². The molecule has 0 radical (unpaired) electrons. The van der Waals surface area contributed by atoms with Gasteiger partial charge >= 0.3 is 6.18 Å². The second-order valence-corrected chi connectivity index (χ2v) is 5.94. The van der Waals surface area contributed by atoms with Crippen molar-refractivity contribution >= 4 is 0 Å². The Labute approximate surface area is 122 Å². The van der Waals surface area contributed by atoms with Gasteiger partial charge in [0.1, 0.15) is 11.9 Å². The maximum atomic E-state index is 12.8. The molecule has 0 aromatic carbocycles. The smallest absolute Gasteiger partial charge is 0.391 e. The fourth-order valence-electron chi connectivity index (χ4n) is 3.04. The minimum absolute atomic E-state index is 0.0675. The van der Waals surface area contributed by atoms with Gasteiger partial charge < -0.3 is 14.8 Å². The van der Waals surface area contributed by atoms with Gasteiger partial charge in [0.2, 0.25) is 0 Å². The Kier molecular flexibility index (Phi) is 5.32. The molecule has 2 rings (SSSR count). The molecule has 1 aromatic heterocycles. The highest BCUT2D eigenvalue weighted by molar-refractivity contribution is 5.02. The number of rotatable bonds is 5. The molecule has 0 unspecified atom stereocenters. The third-order valence-corrected chi connectivity index (χ3v) is 4.11. The fraction of sp³-hybridized carbons (Fsp3) is 0.733. The Bertz CT molecular complexity index is 419. The molecule has 0 bridgehead atoms. The van der Waals surface area contributed by atoms with Crippen molar-refractivity contribution in [3.8, 4) is 0 Å². The van der Waals surface area contributed by atoms with Crippen molar-refractivity contribution in [3.63, 3.8) is 0 Å². The summed E-state index contributed by atoms with van der Waals surface area (Å²) in [6.45, 7) is 1.88. The van der Waals surface area contributed by atoms with E-state index in [1.54, 1.807) is 12.1 Å². The van der Waals surface area contributed by atoms with Crippen LogP contribution in [-0.2, 0) is 0 Å². The van der Waals surface area contributed by atoms with Crippen molar-refractivity contribution in [2.75, 3.05) is 0 Å². The SMILES string of the molecule is C[C@H](C[C@H](O)c1ccco1)N[C@@H]1CCC[C@H](C(F)(F)F)C1. The van der Waals surface area contributed by atoms with E-state index in [0.29, 0.717) is 18.6 Å². The fourth-order valence-corrected chi connectivity index (χ4v) is 3.04. The van der Waals surface area contributed by atoms with Crippen molar-refractivity contribution in [2.24, 2.45) is 5.92 Å².